The molecule has 0 bridgehead atoms. The first-order chi connectivity index (χ1) is 11.3. The van der Waals surface area contributed by atoms with E-state index in [0.717, 1.165) is 5.56 Å². The molecule has 5 heteroatoms. The van der Waals surface area contributed by atoms with E-state index in [1.807, 2.05) is 0 Å². The zero-order valence-electron chi connectivity index (χ0n) is 15.3. The molecule has 1 atom stereocenters. The minimum Gasteiger partial charge on any atom is -0.546 e. The Bertz CT molecular complexity index is 527. The van der Waals surface area contributed by atoms with Crippen LogP contribution in [-0.4, -0.2) is 43.2 Å². The molecule has 2 rings (SSSR count). The van der Waals surface area contributed by atoms with Gasteiger partial charge in [0.05, 0.1) is 32.7 Å². The molecule has 1 saturated heterocycles. The number of carbonyl (C=O) groups excluding carboxylic acids is 1. The van der Waals surface area contributed by atoms with Crippen LogP contribution < -0.4 is 9.84 Å². The lowest BCUT2D eigenvalue weighted by molar-refractivity contribution is -0.897. The third kappa shape index (κ3) is 7.10. The molecule has 24 heavy (non-hydrogen) atoms. The molecule has 1 aliphatic heterocycles. The molecule has 0 radical (unpaired) electrons. The third-order valence-corrected chi connectivity index (χ3v) is 4.71. The van der Waals surface area contributed by atoms with E-state index >= 15 is 0 Å². The summed E-state index contributed by atoms with van der Waals surface area (Å²) in [7, 11) is 2.41. The van der Waals surface area contributed by atoms with Crippen molar-refractivity contribution in [1.29, 1.82) is 0 Å². The van der Waals surface area contributed by atoms with Crippen molar-refractivity contribution in [2.45, 2.75) is 52.6 Å². The fourth-order valence-electron chi connectivity index (χ4n) is 2.85. The van der Waals surface area contributed by atoms with Gasteiger partial charge in [-0.25, -0.2) is 0 Å². The molecule has 0 aliphatic carbocycles. The predicted molar refractivity (Wildman–Crippen MR) is 96.2 cm³/mol. The van der Waals surface area contributed by atoms with Gasteiger partial charge in [-0.1, -0.05) is 24.9 Å². The highest BCUT2D eigenvalue weighted by Gasteiger charge is 2.25. The minimum atomic E-state index is -1.24. The van der Waals surface area contributed by atoms with E-state index in [1.165, 1.54) is 56.7 Å². The number of quaternary nitrogens is 1. The molecule has 0 amide bonds. The quantitative estimate of drug-likeness (QED) is 0.736. The summed E-state index contributed by atoms with van der Waals surface area (Å²) >= 11 is 5.73. The van der Waals surface area contributed by atoms with Gasteiger partial charge in [0.15, 0.2) is 0 Å². The summed E-state index contributed by atoms with van der Waals surface area (Å²) in [5, 5.41) is 11.0. The number of hydrogen-bond donors (Lipinski definition) is 0. The average molecular weight is 356 g/mol. The Hall–Kier alpha value is -1.26. The Labute approximate surface area is 151 Å². The summed E-state index contributed by atoms with van der Waals surface area (Å²) in [6.45, 7) is 9.77. The zero-order chi connectivity index (χ0) is 18.2. The van der Waals surface area contributed by atoms with Gasteiger partial charge in [-0.3, -0.25) is 0 Å². The Balaban J connectivity index is 0.000000254. The average Bonchev–Trinajstić information content (AvgIpc) is 2.95. The topological polar surface area (TPSA) is 49.4 Å². The number of ether oxygens (including phenoxy) is 1. The first-order valence-corrected chi connectivity index (χ1v) is 9.12. The standard InChI is InChI=1S/C10H11ClO3.C9H20N/c1-6-5-8(11)3-4-9(6)14-7(2)10(12)13;1-3-4-7-10(2)8-5-6-9-10/h3-5,7H,1-2H3,(H,12,13);3-9H2,1-2H3/q;+1/p-1/t7-;/m1./s1. The van der Waals surface area contributed by atoms with E-state index in [9.17, 15) is 9.90 Å². The third-order valence-electron chi connectivity index (χ3n) is 4.47. The van der Waals surface area contributed by atoms with E-state index in [1.54, 1.807) is 25.1 Å². The smallest absolute Gasteiger partial charge is 0.135 e. The molecule has 136 valence electrons. The normalized spacial score (nSPS) is 16.9. The second-order valence-electron chi connectivity index (χ2n) is 6.84. The lowest BCUT2D eigenvalue weighted by Gasteiger charge is -2.28. The molecular weight excluding hydrogens is 326 g/mol. The number of nitrogens with zero attached hydrogens (tertiary/aromatic N) is 1. The van der Waals surface area contributed by atoms with Gasteiger partial charge in [0.1, 0.15) is 11.9 Å². The van der Waals surface area contributed by atoms with Crippen LogP contribution in [-0.2, 0) is 4.79 Å². The van der Waals surface area contributed by atoms with Crippen LogP contribution >= 0.6 is 11.6 Å². The van der Waals surface area contributed by atoms with Crippen LogP contribution in [0.25, 0.3) is 0 Å². The molecular formula is C19H30ClNO3. The maximum Gasteiger partial charge on any atom is 0.135 e. The van der Waals surface area contributed by atoms with Crippen molar-refractivity contribution in [2.75, 3.05) is 26.7 Å². The minimum absolute atomic E-state index is 0.506. The SMILES string of the molecule is CCCC[N+]1(C)CCCC1.Cc1cc(Cl)ccc1O[C@H](C)C(=O)[O-]. The summed E-state index contributed by atoms with van der Waals surface area (Å²) in [6, 6.07) is 4.99. The summed E-state index contributed by atoms with van der Waals surface area (Å²) in [5.41, 5.74) is 0.797. The Kier molecular flexibility index (Phi) is 8.57. The van der Waals surface area contributed by atoms with Gasteiger partial charge in [0.2, 0.25) is 0 Å². The highest BCUT2D eigenvalue weighted by molar-refractivity contribution is 6.30. The maximum absolute atomic E-state index is 10.4. The van der Waals surface area contributed by atoms with Gasteiger partial charge in [0.25, 0.3) is 0 Å². The van der Waals surface area contributed by atoms with Crippen LogP contribution in [0.1, 0.15) is 45.1 Å². The summed E-state index contributed by atoms with van der Waals surface area (Å²) in [5.74, 6) is -0.731. The number of carbonyl (C=O) groups is 1. The van der Waals surface area contributed by atoms with Crippen molar-refractivity contribution in [3.63, 3.8) is 0 Å². The van der Waals surface area contributed by atoms with Crippen molar-refractivity contribution in [2.24, 2.45) is 0 Å². The first kappa shape index (κ1) is 20.8. The first-order valence-electron chi connectivity index (χ1n) is 8.74. The van der Waals surface area contributed by atoms with E-state index in [-0.39, 0.29) is 0 Å². The summed E-state index contributed by atoms with van der Waals surface area (Å²) in [4.78, 5) is 10.4. The predicted octanol–water partition coefficient (Wildman–Crippen LogP) is 3.19. The highest BCUT2D eigenvalue weighted by atomic mass is 35.5. The Morgan fingerprint density at radius 2 is 2.00 bits per heavy atom. The zero-order valence-corrected chi connectivity index (χ0v) is 16.1. The van der Waals surface area contributed by atoms with E-state index in [4.69, 9.17) is 16.3 Å². The molecule has 1 aromatic carbocycles. The number of aryl methyl sites for hydroxylation is 1. The van der Waals surface area contributed by atoms with Crippen LogP contribution in [0.15, 0.2) is 18.2 Å². The van der Waals surface area contributed by atoms with Crippen molar-refractivity contribution in [3.05, 3.63) is 28.8 Å². The number of benzene rings is 1. The van der Waals surface area contributed by atoms with E-state index in [2.05, 4.69) is 14.0 Å². The highest BCUT2D eigenvalue weighted by Crippen LogP contribution is 2.22. The molecule has 0 spiro atoms. The van der Waals surface area contributed by atoms with Gasteiger partial charge < -0.3 is 19.1 Å². The molecule has 0 N–H and O–H groups in total. The molecule has 4 nitrogen and oxygen atoms in total. The van der Waals surface area contributed by atoms with Crippen molar-refractivity contribution in [3.8, 4) is 5.75 Å². The van der Waals surface area contributed by atoms with Crippen LogP contribution in [0.2, 0.25) is 5.02 Å². The van der Waals surface area contributed by atoms with Crippen LogP contribution in [0, 0.1) is 6.92 Å². The Morgan fingerprint density at radius 3 is 2.50 bits per heavy atom. The van der Waals surface area contributed by atoms with E-state index in [0.29, 0.717) is 10.8 Å². The van der Waals surface area contributed by atoms with Crippen molar-refractivity contribution >= 4 is 17.6 Å². The number of hydrogen-bond acceptors (Lipinski definition) is 3. The largest absolute Gasteiger partial charge is 0.546 e. The summed E-state index contributed by atoms with van der Waals surface area (Å²) in [6.07, 6.45) is 4.72. The molecule has 1 aromatic rings. The fraction of sp³-hybridized carbons (Fsp3) is 0.632. The molecule has 1 heterocycles. The van der Waals surface area contributed by atoms with Crippen molar-refractivity contribution in [1.82, 2.24) is 0 Å². The fourth-order valence-corrected chi connectivity index (χ4v) is 3.07. The number of likely N-dealkylation sites (tertiary alicyclic amines) is 1. The molecule has 1 aliphatic rings. The Morgan fingerprint density at radius 1 is 1.38 bits per heavy atom. The van der Waals surface area contributed by atoms with Crippen LogP contribution in [0.5, 0.6) is 5.75 Å². The summed E-state index contributed by atoms with van der Waals surface area (Å²) < 4.78 is 6.50. The second-order valence-corrected chi connectivity index (χ2v) is 7.28. The van der Waals surface area contributed by atoms with Crippen LogP contribution in [0.4, 0.5) is 0 Å². The number of halogens is 1. The number of unbranched alkanes of at least 4 members (excludes halogenated alkanes) is 1. The molecule has 0 saturated carbocycles. The van der Waals surface area contributed by atoms with Gasteiger partial charge in [0, 0.05) is 17.9 Å². The molecule has 0 unspecified atom stereocenters. The van der Waals surface area contributed by atoms with Crippen LogP contribution in [0.3, 0.4) is 0 Å². The van der Waals surface area contributed by atoms with E-state index < -0.39 is 12.1 Å². The lowest BCUT2D eigenvalue weighted by atomic mass is 10.2. The number of carboxylic acid groups (broad SMARTS) is 1. The number of aliphatic carboxylic acids is 1. The lowest BCUT2D eigenvalue weighted by Crippen LogP contribution is -2.41. The molecule has 0 aromatic heterocycles. The second kappa shape index (κ2) is 9.90. The number of carboxylic acids is 1. The number of rotatable bonds is 6. The monoisotopic (exact) mass is 355 g/mol. The van der Waals surface area contributed by atoms with Crippen molar-refractivity contribution < 1.29 is 19.1 Å². The van der Waals surface area contributed by atoms with Gasteiger partial charge in [-0.2, -0.15) is 0 Å². The van der Waals surface area contributed by atoms with Gasteiger partial charge in [-0.15, -0.1) is 0 Å². The molecule has 1 fully saturated rings. The maximum atomic E-state index is 10.4. The van der Waals surface area contributed by atoms with Gasteiger partial charge >= 0.3 is 0 Å². The van der Waals surface area contributed by atoms with Gasteiger partial charge in [-0.05, 0) is 44.0 Å².